The first-order chi connectivity index (χ1) is 8.22. The molecule has 0 heterocycles. The molecule has 2 aromatic rings. The molecule has 0 spiro atoms. The molecule has 0 radical (unpaired) electrons. The summed E-state index contributed by atoms with van der Waals surface area (Å²) < 4.78 is 0. The number of ketones is 1. The first-order valence-corrected chi connectivity index (χ1v) is 5.33. The van der Waals surface area contributed by atoms with Crippen molar-refractivity contribution in [3.63, 3.8) is 0 Å². The topological polar surface area (TPSA) is 40.9 Å². The van der Waals surface area contributed by atoms with Gasteiger partial charge in [-0.05, 0) is 19.1 Å². The lowest BCUT2D eigenvalue weighted by atomic mass is 9.98. The van der Waals surface area contributed by atoms with Crippen LogP contribution in [-0.2, 0) is 0 Å². The largest absolute Gasteiger partial charge is 0.289 e. The van der Waals surface area contributed by atoms with Crippen LogP contribution in [0, 0.1) is 18.3 Å². The van der Waals surface area contributed by atoms with E-state index in [2.05, 4.69) is 0 Å². The van der Waals surface area contributed by atoms with Crippen LogP contribution in [-0.4, -0.2) is 5.78 Å². The fraction of sp³-hybridized carbons (Fsp3) is 0.0667. The first kappa shape index (κ1) is 11.1. The molecule has 0 aromatic heterocycles. The molecular formula is C15H11NO. The van der Waals surface area contributed by atoms with Crippen molar-refractivity contribution < 1.29 is 4.79 Å². The predicted molar refractivity (Wildman–Crippen MR) is 65.8 cm³/mol. The highest BCUT2D eigenvalue weighted by Gasteiger charge is 2.12. The summed E-state index contributed by atoms with van der Waals surface area (Å²) in [5, 5.41) is 8.96. The van der Waals surface area contributed by atoms with Crippen molar-refractivity contribution in [3.8, 4) is 6.07 Å². The summed E-state index contributed by atoms with van der Waals surface area (Å²) >= 11 is 0. The summed E-state index contributed by atoms with van der Waals surface area (Å²) in [6, 6.07) is 16.2. The number of aryl methyl sites for hydroxylation is 1. The zero-order valence-electron chi connectivity index (χ0n) is 9.47. The summed E-state index contributed by atoms with van der Waals surface area (Å²) in [7, 11) is 0. The van der Waals surface area contributed by atoms with Crippen molar-refractivity contribution >= 4 is 5.78 Å². The fourth-order valence-electron chi connectivity index (χ4n) is 1.64. The van der Waals surface area contributed by atoms with Crippen molar-refractivity contribution in [3.05, 3.63) is 70.8 Å². The maximum atomic E-state index is 12.2. The molecular weight excluding hydrogens is 210 g/mol. The standard InChI is InChI=1S/C15H11NO/c1-11-6-8-12(9-7-11)15(17)14-5-3-2-4-13(14)10-16/h2-9H,1H3. The zero-order valence-corrected chi connectivity index (χ0v) is 9.47. The van der Waals surface area contributed by atoms with Crippen LogP contribution in [0.25, 0.3) is 0 Å². The smallest absolute Gasteiger partial charge is 0.194 e. The molecule has 17 heavy (non-hydrogen) atoms. The Morgan fingerprint density at radius 1 is 1.06 bits per heavy atom. The minimum atomic E-state index is -0.109. The number of carbonyl (C=O) groups is 1. The zero-order chi connectivity index (χ0) is 12.3. The summed E-state index contributed by atoms with van der Waals surface area (Å²) in [6.07, 6.45) is 0. The monoisotopic (exact) mass is 221 g/mol. The Morgan fingerprint density at radius 3 is 2.35 bits per heavy atom. The van der Waals surface area contributed by atoms with Gasteiger partial charge in [0.05, 0.1) is 11.6 Å². The summed E-state index contributed by atoms with van der Waals surface area (Å²) in [6.45, 7) is 1.97. The van der Waals surface area contributed by atoms with Gasteiger partial charge in [-0.2, -0.15) is 5.26 Å². The lowest BCUT2D eigenvalue weighted by Gasteiger charge is -2.03. The molecule has 0 amide bonds. The summed E-state index contributed by atoms with van der Waals surface area (Å²) in [4.78, 5) is 12.2. The van der Waals surface area contributed by atoms with Gasteiger partial charge in [0.1, 0.15) is 0 Å². The maximum Gasteiger partial charge on any atom is 0.194 e. The van der Waals surface area contributed by atoms with Gasteiger partial charge >= 0.3 is 0 Å². The van der Waals surface area contributed by atoms with Crippen molar-refractivity contribution in [2.75, 3.05) is 0 Å². The molecule has 0 aliphatic heterocycles. The van der Waals surface area contributed by atoms with E-state index in [-0.39, 0.29) is 5.78 Å². The van der Waals surface area contributed by atoms with Gasteiger partial charge in [-0.1, -0.05) is 42.0 Å². The minimum Gasteiger partial charge on any atom is -0.289 e. The Hall–Kier alpha value is -2.40. The second kappa shape index (κ2) is 4.63. The average molecular weight is 221 g/mol. The average Bonchev–Trinajstić information content (AvgIpc) is 2.39. The third kappa shape index (κ3) is 2.24. The van der Waals surface area contributed by atoms with E-state index in [1.165, 1.54) is 0 Å². The van der Waals surface area contributed by atoms with Crippen molar-refractivity contribution in [1.29, 1.82) is 5.26 Å². The Morgan fingerprint density at radius 2 is 1.71 bits per heavy atom. The quantitative estimate of drug-likeness (QED) is 0.731. The molecule has 0 saturated carbocycles. The molecule has 0 N–H and O–H groups in total. The SMILES string of the molecule is Cc1ccc(C(=O)c2ccccc2C#N)cc1. The Labute approximate surface area is 100 Å². The van der Waals surface area contributed by atoms with Gasteiger partial charge in [-0.25, -0.2) is 0 Å². The number of hydrogen-bond donors (Lipinski definition) is 0. The molecule has 2 aromatic carbocycles. The molecule has 2 rings (SSSR count). The van der Waals surface area contributed by atoms with Crippen LogP contribution in [0.4, 0.5) is 0 Å². The van der Waals surface area contributed by atoms with Crippen LogP contribution < -0.4 is 0 Å². The van der Waals surface area contributed by atoms with E-state index >= 15 is 0 Å². The van der Waals surface area contributed by atoms with Gasteiger partial charge in [0.25, 0.3) is 0 Å². The summed E-state index contributed by atoms with van der Waals surface area (Å²) in [5.74, 6) is -0.109. The van der Waals surface area contributed by atoms with Gasteiger partial charge in [-0.15, -0.1) is 0 Å². The second-order valence-electron chi connectivity index (χ2n) is 3.85. The highest BCUT2D eigenvalue weighted by Crippen LogP contribution is 2.14. The van der Waals surface area contributed by atoms with Gasteiger partial charge in [0, 0.05) is 11.1 Å². The normalized spacial score (nSPS) is 9.65. The fourth-order valence-corrected chi connectivity index (χ4v) is 1.64. The lowest BCUT2D eigenvalue weighted by Crippen LogP contribution is -2.03. The molecule has 0 saturated heterocycles. The number of benzene rings is 2. The van der Waals surface area contributed by atoms with E-state index in [9.17, 15) is 4.79 Å². The lowest BCUT2D eigenvalue weighted by molar-refractivity contribution is 0.103. The van der Waals surface area contributed by atoms with Crippen LogP contribution in [0.1, 0.15) is 27.0 Å². The molecule has 0 aliphatic rings. The predicted octanol–water partition coefficient (Wildman–Crippen LogP) is 3.10. The number of carbonyl (C=O) groups excluding carboxylic acids is 1. The van der Waals surface area contributed by atoms with Crippen molar-refractivity contribution in [2.24, 2.45) is 0 Å². The van der Waals surface area contributed by atoms with Gasteiger partial charge < -0.3 is 0 Å². The Balaban J connectivity index is 2.44. The number of hydrogen-bond acceptors (Lipinski definition) is 2. The molecule has 0 atom stereocenters. The van der Waals surface area contributed by atoms with Crippen molar-refractivity contribution in [2.45, 2.75) is 6.92 Å². The van der Waals surface area contributed by atoms with E-state index in [0.717, 1.165) is 5.56 Å². The Bertz CT molecular complexity index is 591. The molecule has 2 heteroatoms. The molecule has 0 bridgehead atoms. The number of nitriles is 1. The molecule has 82 valence electrons. The van der Waals surface area contributed by atoms with Gasteiger partial charge in [-0.3, -0.25) is 4.79 Å². The van der Waals surface area contributed by atoms with E-state index in [4.69, 9.17) is 5.26 Å². The van der Waals surface area contributed by atoms with Crippen LogP contribution in [0.3, 0.4) is 0 Å². The third-order valence-corrected chi connectivity index (χ3v) is 2.61. The third-order valence-electron chi connectivity index (χ3n) is 2.61. The molecule has 0 fully saturated rings. The summed E-state index contributed by atoms with van der Waals surface area (Å²) in [5.41, 5.74) is 2.59. The Kier molecular flexibility index (Phi) is 3.02. The first-order valence-electron chi connectivity index (χ1n) is 5.33. The van der Waals surface area contributed by atoms with E-state index in [1.807, 2.05) is 25.1 Å². The molecule has 0 unspecified atom stereocenters. The second-order valence-corrected chi connectivity index (χ2v) is 3.85. The van der Waals surface area contributed by atoms with Gasteiger partial charge in [0.15, 0.2) is 5.78 Å². The van der Waals surface area contributed by atoms with Crippen LogP contribution >= 0.6 is 0 Å². The van der Waals surface area contributed by atoms with Crippen LogP contribution in [0.5, 0.6) is 0 Å². The van der Waals surface area contributed by atoms with E-state index in [0.29, 0.717) is 16.7 Å². The van der Waals surface area contributed by atoms with E-state index in [1.54, 1.807) is 36.4 Å². The molecule has 0 aliphatic carbocycles. The van der Waals surface area contributed by atoms with Crippen LogP contribution in [0.15, 0.2) is 48.5 Å². The number of rotatable bonds is 2. The minimum absolute atomic E-state index is 0.109. The van der Waals surface area contributed by atoms with Crippen LogP contribution in [0.2, 0.25) is 0 Å². The highest BCUT2D eigenvalue weighted by atomic mass is 16.1. The highest BCUT2D eigenvalue weighted by molar-refractivity contribution is 6.10. The van der Waals surface area contributed by atoms with Gasteiger partial charge in [0.2, 0.25) is 0 Å². The number of nitrogens with zero attached hydrogens (tertiary/aromatic N) is 1. The maximum absolute atomic E-state index is 12.2. The van der Waals surface area contributed by atoms with Crippen molar-refractivity contribution in [1.82, 2.24) is 0 Å². The van der Waals surface area contributed by atoms with E-state index < -0.39 is 0 Å². The molecule has 2 nitrogen and oxygen atoms in total.